The molecule has 0 bridgehead atoms. The molecule has 2 N–H and O–H groups in total. The van der Waals surface area contributed by atoms with Crippen LogP contribution in [0, 0.1) is 0 Å². The van der Waals surface area contributed by atoms with E-state index in [1.165, 1.54) is 11.1 Å². The smallest absolute Gasteiger partial charge is 0.0408 e. The molecular formula is C18H21ClN2. The average molecular weight is 301 g/mol. The zero-order chi connectivity index (χ0) is 14.5. The molecule has 21 heavy (non-hydrogen) atoms. The van der Waals surface area contributed by atoms with Crippen LogP contribution in [0.15, 0.2) is 54.6 Å². The predicted octanol–water partition coefficient (Wildman–Crippen LogP) is 3.58. The number of rotatable bonds is 4. The third-order valence-electron chi connectivity index (χ3n) is 4.17. The van der Waals surface area contributed by atoms with E-state index >= 15 is 0 Å². The molecule has 1 heterocycles. The Kier molecular flexibility index (Phi) is 4.91. The van der Waals surface area contributed by atoms with Crippen molar-refractivity contribution < 1.29 is 0 Å². The fourth-order valence-electron chi connectivity index (χ4n) is 3.04. The fraction of sp³-hybridized carbons (Fsp3) is 0.333. The quantitative estimate of drug-likeness (QED) is 0.902. The maximum Gasteiger partial charge on any atom is 0.0408 e. The van der Waals surface area contributed by atoms with Gasteiger partial charge in [-0.25, -0.2) is 0 Å². The van der Waals surface area contributed by atoms with E-state index in [0.717, 1.165) is 31.1 Å². The Balaban J connectivity index is 1.70. The van der Waals surface area contributed by atoms with Crippen LogP contribution in [0.1, 0.15) is 23.5 Å². The Labute approximate surface area is 131 Å². The molecule has 1 fully saturated rings. The van der Waals surface area contributed by atoms with Crippen molar-refractivity contribution in [2.45, 2.75) is 24.9 Å². The first-order valence-corrected chi connectivity index (χ1v) is 7.94. The third-order valence-corrected chi connectivity index (χ3v) is 4.41. The van der Waals surface area contributed by atoms with Gasteiger partial charge in [-0.1, -0.05) is 54.1 Å². The summed E-state index contributed by atoms with van der Waals surface area (Å²) < 4.78 is 0. The van der Waals surface area contributed by atoms with Gasteiger partial charge < -0.3 is 10.6 Å². The summed E-state index contributed by atoms with van der Waals surface area (Å²) in [7, 11) is 0. The summed E-state index contributed by atoms with van der Waals surface area (Å²) in [4.78, 5) is 0. The summed E-state index contributed by atoms with van der Waals surface area (Å²) in [6.07, 6.45) is 1.14. The summed E-state index contributed by atoms with van der Waals surface area (Å²) in [6.45, 7) is 3.00. The lowest BCUT2D eigenvalue weighted by Crippen LogP contribution is -2.45. The largest absolute Gasteiger partial charge is 0.316 e. The maximum absolute atomic E-state index is 6.14. The topological polar surface area (TPSA) is 24.1 Å². The summed E-state index contributed by atoms with van der Waals surface area (Å²) >= 11 is 6.14. The van der Waals surface area contributed by atoms with Gasteiger partial charge in [-0.3, -0.25) is 0 Å². The van der Waals surface area contributed by atoms with Gasteiger partial charge in [0, 0.05) is 30.1 Å². The fourth-order valence-corrected chi connectivity index (χ4v) is 3.23. The van der Waals surface area contributed by atoms with Gasteiger partial charge in [0.25, 0.3) is 0 Å². The van der Waals surface area contributed by atoms with E-state index in [4.69, 9.17) is 11.6 Å². The molecule has 3 heteroatoms. The van der Waals surface area contributed by atoms with Crippen LogP contribution in [-0.2, 0) is 6.54 Å². The van der Waals surface area contributed by atoms with E-state index in [1.54, 1.807) is 0 Å². The first-order valence-electron chi connectivity index (χ1n) is 7.56. The second-order valence-corrected chi connectivity index (χ2v) is 6.06. The Bertz CT molecular complexity index is 570. The molecule has 3 rings (SSSR count). The average Bonchev–Trinajstić information content (AvgIpc) is 2.54. The highest BCUT2D eigenvalue weighted by Crippen LogP contribution is 2.26. The predicted molar refractivity (Wildman–Crippen MR) is 88.7 cm³/mol. The minimum Gasteiger partial charge on any atom is -0.316 e. The lowest BCUT2D eigenvalue weighted by molar-refractivity contribution is 0.341. The van der Waals surface area contributed by atoms with E-state index in [0.29, 0.717) is 12.0 Å². The van der Waals surface area contributed by atoms with Crippen molar-refractivity contribution >= 4 is 11.6 Å². The van der Waals surface area contributed by atoms with Gasteiger partial charge in [-0.2, -0.15) is 0 Å². The van der Waals surface area contributed by atoms with Crippen LogP contribution < -0.4 is 10.6 Å². The molecule has 0 saturated carbocycles. The molecule has 0 amide bonds. The number of hydrogen-bond donors (Lipinski definition) is 2. The number of piperidine rings is 1. The first-order chi connectivity index (χ1) is 10.3. The molecule has 0 aliphatic carbocycles. The lowest BCUT2D eigenvalue weighted by Gasteiger charge is -2.33. The van der Waals surface area contributed by atoms with Gasteiger partial charge in [0.1, 0.15) is 0 Å². The van der Waals surface area contributed by atoms with E-state index in [1.807, 2.05) is 12.1 Å². The lowest BCUT2D eigenvalue weighted by atomic mass is 9.87. The number of halogens is 1. The van der Waals surface area contributed by atoms with Crippen molar-refractivity contribution in [1.29, 1.82) is 0 Å². The summed E-state index contributed by atoms with van der Waals surface area (Å²) in [6, 6.07) is 19.3. The molecule has 2 unspecified atom stereocenters. The molecule has 110 valence electrons. The number of hydrogen-bond acceptors (Lipinski definition) is 2. The van der Waals surface area contributed by atoms with Crippen molar-refractivity contribution in [2.24, 2.45) is 0 Å². The van der Waals surface area contributed by atoms with E-state index in [2.05, 4.69) is 53.1 Å². The summed E-state index contributed by atoms with van der Waals surface area (Å²) in [5.41, 5.74) is 2.65. The van der Waals surface area contributed by atoms with E-state index in [-0.39, 0.29) is 0 Å². The molecule has 0 aromatic heterocycles. The van der Waals surface area contributed by atoms with Gasteiger partial charge in [0.2, 0.25) is 0 Å². The van der Waals surface area contributed by atoms with Crippen LogP contribution in [0.3, 0.4) is 0 Å². The molecule has 2 aromatic carbocycles. The summed E-state index contributed by atoms with van der Waals surface area (Å²) in [5.74, 6) is 0.473. The first kappa shape index (κ1) is 14.6. The van der Waals surface area contributed by atoms with Crippen LogP contribution in [0.4, 0.5) is 0 Å². The Morgan fingerprint density at radius 1 is 1.10 bits per heavy atom. The van der Waals surface area contributed by atoms with Crippen molar-refractivity contribution in [3.05, 3.63) is 70.7 Å². The molecule has 2 atom stereocenters. The molecule has 2 nitrogen and oxygen atoms in total. The Morgan fingerprint density at radius 3 is 2.76 bits per heavy atom. The van der Waals surface area contributed by atoms with Crippen LogP contribution >= 0.6 is 11.6 Å². The molecule has 2 aromatic rings. The molecule has 1 aliphatic rings. The van der Waals surface area contributed by atoms with Crippen molar-refractivity contribution in [2.75, 3.05) is 13.1 Å². The minimum absolute atomic E-state index is 0.473. The zero-order valence-electron chi connectivity index (χ0n) is 12.1. The Morgan fingerprint density at radius 2 is 1.95 bits per heavy atom. The molecule has 0 spiro atoms. The van der Waals surface area contributed by atoms with Crippen LogP contribution in [0.25, 0.3) is 0 Å². The zero-order valence-corrected chi connectivity index (χ0v) is 12.8. The molecule has 1 aliphatic heterocycles. The monoisotopic (exact) mass is 300 g/mol. The van der Waals surface area contributed by atoms with Gasteiger partial charge in [0.15, 0.2) is 0 Å². The van der Waals surface area contributed by atoms with Gasteiger partial charge in [-0.15, -0.1) is 0 Å². The highest BCUT2D eigenvalue weighted by Gasteiger charge is 2.25. The highest BCUT2D eigenvalue weighted by molar-refractivity contribution is 6.30. The molecule has 0 radical (unpaired) electrons. The minimum atomic E-state index is 0.473. The highest BCUT2D eigenvalue weighted by atomic mass is 35.5. The molecular weight excluding hydrogens is 280 g/mol. The third kappa shape index (κ3) is 3.85. The standard InChI is InChI=1S/C18H21ClN2/c19-16-8-4-7-15(11-16)17-13-20-10-9-18(17)21-12-14-5-2-1-3-6-14/h1-8,11,17-18,20-21H,9-10,12-13H2. The number of benzene rings is 2. The maximum atomic E-state index is 6.14. The second-order valence-electron chi connectivity index (χ2n) is 5.63. The van der Waals surface area contributed by atoms with Crippen molar-refractivity contribution in [3.8, 4) is 0 Å². The van der Waals surface area contributed by atoms with E-state index < -0.39 is 0 Å². The van der Waals surface area contributed by atoms with Gasteiger partial charge in [-0.05, 0) is 36.2 Å². The van der Waals surface area contributed by atoms with E-state index in [9.17, 15) is 0 Å². The van der Waals surface area contributed by atoms with Crippen molar-refractivity contribution in [1.82, 2.24) is 10.6 Å². The van der Waals surface area contributed by atoms with Crippen LogP contribution in [0.2, 0.25) is 5.02 Å². The molecule has 1 saturated heterocycles. The van der Waals surface area contributed by atoms with Crippen molar-refractivity contribution in [3.63, 3.8) is 0 Å². The van der Waals surface area contributed by atoms with Crippen LogP contribution in [0.5, 0.6) is 0 Å². The Hall–Kier alpha value is -1.35. The normalized spacial score (nSPS) is 22.1. The van der Waals surface area contributed by atoms with Gasteiger partial charge >= 0.3 is 0 Å². The number of nitrogens with one attached hydrogen (secondary N) is 2. The van der Waals surface area contributed by atoms with Crippen LogP contribution in [-0.4, -0.2) is 19.1 Å². The second kappa shape index (κ2) is 7.08. The van der Waals surface area contributed by atoms with Gasteiger partial charge in [0.05, 0.1) is 0 Å². The SMILES string of the molecule is Clc1cccc(C2CNCCC2NCc2ccccc2)c1. The summed E-state index contributed by atoms with van der Waals surface area (Å²) in [5, 5.41) is 8.04.